The first-order valence-electron chi connectivity index (χ1n) is 8.35. The molecule has 8 heteroatoms. The maximum Gasteiger partial charge on any atom is 0.256 e. The number of H-pyrrole nitrogens is 1. The molecule has 1 aromatic heterocycles. The van der Waals surface area contributed by atoms with Crippen LogP contribution in [-0.4, -0.2) is 54.7 Å². The van der Waals surface area contributed by atoms with Crippen LogP contribution >= 0.6 is 12.2 Å². The molecule has 0 atom stereocenters. The number of hydrogen-bond donors (Lipinski definition) is 1. The Hall–Kier alpha value is -2.03. The van der Waals surface area contributed by atoms with Gasteiger partial charge >= 0.3 is 0 Å². The van der Waals surface area contributed by atoms with Crippen LogP contribution in [0.3, 0.4) is 0 Å². The Morgan fingerprint density at radius 2 is 1.77 bits per heavy atom. The number of aromatic nitrogens is 1. The Morgan fingerprint density at radius 3 is 2.38 bits per heavy atom. The molecule has 1 amide bonds. The second-order valence-corrected chi connectivity index (χ2v) is 8.70. The fraction of sp³-hybridized carbons (Fsp3) is 0.333. The van der Waals surface area contributed by atoms with Crippen molar-refractivity contribution in [3.63, 3.8) is 0 Å². The van der Waals surface area contributed by atoms with E-state index in [9.17, 15) is 13.2 Å². The summed E-state index contributed by atoms with van der Waals surface area (Å²) in [6.07, 6.45) is 1.67. The van der Waals surface area contributed by atoms with Gasteiger partial charge in [-0.05, 0) is 49.2 Å². The summed E-state index contributed by atoms with van der Waals surface area (Å²) in [5.41, 5.74) is 2.44. The molecule has 0 unspecified atom stereocenters. The van der Waals surface area contributed by atoms with Crippen molar-refractivity contribution in [1.82, 2.24) is 14.2 Å². The molecule has 1 fully saturated rings. The lowest BCUT2D eigenvalue weighted by atomic mass is 10.1. The quantitative estimate of drug-likeness (QED) is 0.816. The van der Waals surface area contributed by atoms with Crippen molar-refractivity contribution in [3.05, 3.63) is 57.9 Å². The summed E-state index contributed by atoms with van der Waals surface area (Å²) < 4.78 is 27.5. The van der Waals surface area contributed by atoms with Gasteiger partial charge in [0, 0.05) is 32.4 Å². The normalized spacial score (nSPS) is 15.8. The highest BCUT2D eigenvalue weighted by Gasteiger charge is 2.30. The van der Waals surface area contributed by atoms with E-state index >= 15 is 0 Å². The number of carbonyl (C=O) groups is 1. The van der Waals surface area contributed by atoms with E-state index in [2.05, 4.69) is 4.98 Å². The van der Waals surface area contributed by atoms with Crippen LogP contribution in [0.4, 0.5) is 0 Å². The van der Waals surface area contributed by atoms with Gasteiger partial charge in [0.05, 0.1) is 10.5 Å². The minimum Gasteiger partial charge on any atom is -0.352 e. The number of aromatic amines is 1. The maximum atomic E-state index is 12.9. The SMILES string of the molecule is Cc1ccc(S(=O)(=O)N2CCN(C(=O)c3ccc[nH]c3=S)CC2)cc1C. The first kappa shape index (κ1) is 18.8. The van der Waals surface area contributed by atoms with E-state index in [0.717, 1.165) is 11.1 Å². The Bertz CT molecular complexity index is 991. The van der Waals surface area contributed by atoms with Gasteiger partial charge in [0.2, 0.25) is 10.0 Å². The van der Waals surface area contributed by atoms with E-state index in [1.54, 1.807) is 35.4 Å². The topological polar surface area (TPSA) is 73.5 Å². The van der Waals surface area contributed by atoms with Gasteiger partial charge in [0.1, 0.15) is 4.64 Å². The molecule has 1 saturated heterocycles. The van der Waals surface area contributed by atoms with Crippen molar-refractivity contribution >= 4 is 28.1 Å². The van der Waals surface area contributed by atoms with Gasteiger partial charge in [-0.15, -0.1) is 0 Å². The van der Waals surface area contributed by atoms with Crippen LogP contribution in [0, 0.1) is 18.5 Å². The molecular formula is C18H21N3O3S2. The fourth-order valence-electron chi connectivity index (χ4n) is 2.92. The lowest BCUT2D eigenvalue weighted by molar-refractivity contribution is 0.0697. The predicted octanol–water partition coefficient (Wildman–Crippen LogP) is 2.51. The molecule has 0 saturated carbocycles. The van der Waals surface area contributed by atoms with Crippen molar-refractivity contribution in [2.24, 2.45) is 0 Å². The highest BCUT2D eigenvalue weighted by Crippen LogP contribution is 2.21. The number of amides is 1. The third-order valence-electron chi connectivity index (χ3n) is 4.69. The number of piperazine rings is 1. The molecule has 26 heavy (non-hydrogen) atoms. The Balaban J connectivity index is 1.73. The van der Waals surface area contributed by atoms with E-state index in [4.69, 9.17) is 12.2 Å². The third kappa shape index (κ3) is 3.58. The summed E-state index contributed by atoms with van der Waals surface area (Å²) in [7, 11) is -3.55. The minimum atomic E-state index is -3.55. The van der Waals surface area contributed by atoms with Crippen LogP contribution in [0.2, 0.25) is 0 Å². The van der Waals surface area contributed by atoms with Gasteiger partial charge in [0.15, 0.2) is 0 Å². The molecule has 138 valence electrons. The Labute approximate surface area is 158 Å². The smallest absolute Gasteiger partial charge is 0.256 e. The third-order valence-corrected chi connectivity index (χ3v) is 6.92. The number of sulfonamides is 1. The molecule has 0 aliphatic carbocycles. The summed E-state index contributed by atoms with van der Waals surface area (Å²) >= 11 is 5.16. The zero-order chi connectivity index (χ0) is 18.9. The van der Waals surface area contributed by atoms with E-state index in [0.29, 0.717) is 28.2 Å². The Kier molecular flexibility index (Phi) is 5.27. The zero-order valence-corrected chi connectivity index (χ0v) is 16.4. The Morgan fingerprint density at radius 1 is 1.08 bits per heavy atom. The lowest BCUT2D eigenvalue weighted by Gasteiger charge is -2.34. The monoisotopic (exact) mass is 391 g/mol. The average Bonchev–Trinajstić information content (AvgIpc) is 2.64. The number of hydrogen-bond acceptors (Lipinski definition) is 4. The molecule has 2 heterocycles. The van der Waals surface area contributed by atoms with Crippen molar-refractivity contribution < 1.29 is 13.2 Å². The molecule has 1 aliphatic rings. The molecule has 2 aromatic rings. The van der Waals surface area contributed by atoms with Gasteiger partial charge in [0.25, 0.3) is 5.91 Å². The molecule has 1 aliphatic heterocycles. The van der Waals surface area contributed by atoms with Gasteiger partial charge in [-0.3, -0.25) is 4.79 Å². The first-order chi connectivity index (χ1) is 12.3. The molecule has 0 bridgehead atoms. The second kappa shape index (κ2) is 7.30. The van der Waals surface area contributed by atoms with Crippen LogP contribution in [0.1, 0.15) is 21.5 Å². The van der Waals surface area contributed by atoms with Crippen LogP contribution in [0.15, 0.2) is 41.4 Å². The highest BCUT2D eigenvalue weighted by molar-refractivity contribution is 7.89. The molecule has 1 aromatic carbocycles. The van der Waals surface area contributed by atoms with Crippen molar-refractivity contribution in [2.45, 2.75) is 18.7 Å². The molecule has 3 rings (SSSR count). The summed E-state index contributed by atoms with van der Waals surface area (Å²) in [6, 6.07) is 8.56. The average molecular weight is 392 g/mol. The standard InChI is InChI=1S/C18H21N3O3S2/c1-13-5-6-15(12-14(13)2)26(23,24)21-10-8-20(9-11-21)18(22)16-4-3-7-19-17(16)25/h3-7,12H,8-11H2,1-2H3,(H,19,25). The number of pyridine rings is 1. The van der Waals surface area contributed by atoms with E-state index in [1.807, 2.05) is 19.9 Å². The van der Waals surface area contributed by atoms with E-state index < -0.39 is 10.0 Å². The zero-order valence-electron chi connectivity index (χ0n) is 14.7. The van der Waals surface area contributed by atoms with Gasteiger partial charge in [-0.1, -0.05) is 18.3 Å². The maximum absolute atomic E-state index is 12.9. The fourth-order valence-corrected chi connectivity index (χ4v) is 4.65. The van der Waals surface area contributed by atoms with Crippen LogP contribution in [0.25, 0.3) is 0 Å². The van der Waals surface area contributed by atoms with Crippen LogP contribution < -0.4 is 0 Å². The summed E-state index contributed by atoms with van der Waals surface area (Å²) in [5, 5.41) is 0. The predicted molar refractivity (Wildman–Crippen MR) is 102 cm³/mol. The lowest BCUT2D eigenvalue weighted by Crippen LogP contribution is -2.50. The number of rotatable bonds is 3. The summed E-state index contributed by atoms with van der Waals surface area (Å²) in [6.45, 7) is 5.06. The molecule has 1 N–H and O–H groups in total. The second-order valence-electron chi connectivity index (χ2n) is 6.36. The molecular weight excluding hydrogens is 370 g/mol. The first-order valence-corrected chi connectivity index (χ1v) is 10.2. The van der Waals surface area contributed by atoms with E-state index in [-0.39, 0.29) is 19.0 Å². The summed E-state index contributed by atoms with van der Waals surface area (Å²) in [5.74, 6) is -0.171. The minimum absolute atomic E-state index is 0.171. The van der Waals surface area contributed by atoms with Crippen LogP contribution in [0.5, 0.6) is 0 Å². The molecule has 0 spiro atoms. The van der Waals surface area contributed by atoms with Gasteiger partial charge < -0.3 is 9.88 Å². The van der Waals surface area contributed by atoms with Crippen molar-refractivity contribution in [1.29, 1.82) is 0 Å². The summed E-state index contributed by atoms with van der Waals surface area (Å²) in [4.78, 5) is 17.4. The molecule has 0 radical (unpaired) electrons. The highest BCUT2D eigenvalue weighted by atomic mass is 32.2. The largest absolute Gasteiger partial charge is 0.352 e. The van der Waals surface area contributed by atoms with Gasteiger partial charge in [-0.2, -0.15) is 4.31 Å². The van der Waals surface area contributed by atoms with Crippen molar-refractivity contribution in [3.8, 4) is 0 Å². The van der Waals surface area contributed by atoms with E-state index in [1.165, 1.54) is 4.31 Å². The van der Waals surface area contributed by atoms with Crippen LogP contribution in [-0.2, 0) is 10.0 Å². The van der Waals surface area contributed by atoms with Crippen molar-refractivity contribution in [2.75, 3.05) is 26.2 Å². The number of carbonyl (C=O) groups excluding carboxylic acids is 1. The van der Waals surface area contributed by atoms with Gasteiger partial charge in [-0.25, -0.2) is 8.42 Å². The number of nitrogens with one attached hydrogen (secondary N) is 1. The number of aryl methyl sites for hydroxylation is 2. The number of nitrogens with zero attached hydrogens (tertiary/aromatic N) is 2. The number of benzene rings is 1. The molecule has 6 nitrogen and oxygen atoms in total.